The van der Waals surface area contributed by atoms with Crippen LogP contribution in [0.5, 0.6) is 5.88 Å². The summed E-state index contributed by atoms with van der Waals surface area (Å²) in [5.41, 5.74) is 0.755. The van der Waals surface area contributed by atoms with Crippen LogP contribution in [-0.4, -0.2) is 39.0 Å². The third-order valence-electron chi connectivity index (χ3n) is 3.95. The average molecular weight is 345 g/mol. The summed E-state index contributed by atoms with van der Waals surface area (Å²) in [4.78, 5) is 30.1. The standard InChI is InChI=1S/C15H15N5O5/c21-19(22)12-2-4-15(17-10-12)25-13-5-7-18(8-6-13)11-1-3-14(16-9-11)20(23)24/h1-4,9-10,13H,5-8H2. The first kappa shape index (κ1) is 16.6. The van der Waals surface area contributed by atoms with Gasteiger partial charge in [0.15, 0.2) is 6.20 Å². The van der Waals surface area contributed by atoms with Crippen LogP contribution in [0.25, 0.3) is 0 Å². The van der Waals surface area contributed by atoms with Gasteiger partial charge in [-0.05, 0) is 16.0 Å². The number of pyridine rings is 2. The lowest BCUT2D eigenvalue weighted by molar-refractivity contribution is -0.389. The molecule has 130 valence electrons. The minimum Gasteiger partial charge on any atom is -0.474 e. The number of aromatic nitrogens is 2. The molecule has 0 unspecified atom stereocenters. The molecule has 1 fully saturated rings. The molecule has 0 N–H and O–H groups in total. The second-order valence-corrected chi connectivity index (χ2v) is 5.55. The topological polar surface area (TPSA) is 125 Å². The van der Waals surface area contributed by atoms with Crippen LogP contribution in [0.3, 0.4) is 0 Å². The smallest absolute Gasteiger partial charge is 0.363 e. The first-order valence-corrected chi connectivity index (χ1v) is 7.65. The lowest BCUT2D eigenvalue weighted by Gasteiger charge is -2.32. The van der Waals surface area contributed by atoms with Crippen molar-refractivity contribution in [2.75, 3.05) is 18.0 Å². The van der Waals surface area contributed by atoms with Crippen molar-refractivity contribution in [3.63, 3.8) is 0 Å². The second-order valence-electron chi connectivity index (χ2n) is 5.55. The molecule has 0 atom stereocenters. The van der Waals surface area contributed by atoms with Crippen molar-refractivity contribution < 1.29 is 14.6 Å². The van der Waals surface area contributed by atoms with Crippen molar-refractivity contribution in [2.24, 2.45) is 0 Å². The fourth-order valence-corrected chi connectivity index (χ4v) is 2.63. The fourth-order valence-electron chi connectivity index (χ4n) is 2.63. The summed E-state index contributed by atoms with van der Waals surface area (Å²) in [6.07, 6.45) is 4.13. The molecule has 0 saturated carbocycles. The Kier molecular flexibility index (Phi) is 4.68. The highest BCUT2D eigenvalue weighted by molar-refractivity contribution is 5.46. The van der Waals surface area contributed by atoms with Crippen molar-refractivity contribution in [2.45, 2.75) is 18.9 Å². The molecule has 25 heavy (non-hydrogen) atoms. The zero-order valence-electron chi connectivity index (χ0n) is 13.1. The first-order chi connectivity index (χ1) is 12.0. The fraction of sp³-hybridized carbons (Fsp3) is 0.333. The SMILES string of the molecule is O=[N+]([O-])c1ccc(OC2CCN(c3ccc([N+](=O)[O-])nc3)CC2)nc1. The summed E-state index contributed by atoms with van der Waals surface area (Å²) in [5, 5.41) is 21.2. The summed E-state index contributed by atoms with van der Waals surface area (Å²) in [6.45, 7) is 1.44. The second kappa shape index (κ2) is 7.07. The molecule has 0 amide bonds. The molecule has 3 rings (SSSR count). The van der Waals surface area contributed by atoms with Gasteiger partial charge in [-0.15, -0.1) is 0 Å². The van der Waals surface area contributed by atoms with E-state index >= 15 is 0 Å². The molecule has 2 aromatic rings. The molecule has 2 aromatic heterocycles. The van der Waals surface area contributed by atoms with Gasteiger partial charge in [-0.2, -0.15) is 0 Å². The third-order valence-corrected chi connectivity index (χ3v) is 3.95. The summed E-state index contributed by atoms with van der Waals surface area (Å²) in [7, 11) is 0. The zero-order chi connectivity index (χ0) is 17.8. The highest BCUT2D eigenvalue weighted by Gasteiger charge is 2.22. The molecule has 1 aliphatic heterocycles. The van der Waals surface area contributed by atoms with E-state index in [1.165, 1.54) is 30.6 Å². The molecule has 0 bridgehead atoms. The van der Waals surface area contributed by atoms with Crippen LogP contribution in [0.2, 0.25) is 0 Å². The predicted molar refractivity (Wildman–Crippen MR) is 87.6 cm³/mol. The maximum Gasteiger partial charge on any atom is 0.363 e. The van der Waals surface area contributed by atoms with Gasteiger partial charge in [0.2, 0.25) is 5.88 Å². The van der Waals surface area contributed by atoms with Gasteiger partial charge >= 0.3 is 5.82 Å². The van der Waals surface area contributed by atoms with Crippen molar-refractivity contribution in [1.29, 1.82) is 0 Å². The molecule has 0 aromatic carbocycles. The maximum absolute atomic E-state index is 10.6. The Labute approximate surface area is 142 Å². The maximum atomic E-state index is 10.6. The molecule has 3 heterocycles. The molecule has 10 nitrogen and oxygen atoms in total. The number of nitro groups is 2. The number of anilines is 1. The van der Waals surface area contributed by atoms with Gasteiger partial charge in [-0.1, -0.05) is 0 Å². The Morgan fingerprint density at radius 2 is 1.76 bits per heavy atom. The van der Waals surface area contributed by atoms with E-state index in [0.717, 1.165) is 31.6 Å². The highest BCUT2D eigenvalue weighted by atomic mass is 16.6. The molecule has 10 heteroatoms. The van der Waals surface area contributed by atoms with E-state index in [2.05, 4.69) is 14.9 Å². The van der Waals surface area contributed by atoms with Crippen molar-refractivity contribution in [3.05, 3.63) is 56.9 Å². The molecule has 1 aliphatic rings. The van der Waals surface area contributed by atoms with Crippen molar-refractivity contribution >= 4 is 17.2 Å². The van der Waals surface area contributed by atoms with Crippen LogP contribution in [-0.2, 0) is 0 Å². The number of ether oxygens (including phenoxy) is 1. The van der Waals surface area contributed by atoms with Crippen molar-refractivity contribution in [3.8, 4) is 5.88 Å². The minimum absolute atomic E-state index is 0.0313. The predicted octanol–water partition coefficient (Wildman–Crippen LogP) is 2.34. The van der Waals surface area contributed by atoms with E-state index in [9.17, 15) is 20.2 Å². The largest absolute Gasteiger partial charge is 0.474 e. The highest BCUT2D eigenvalue weighted by Crippen LogP contribution is 2.23. The number of hydrogen-bond donors (Lipinski definition) is 0. The van der Waals surface area contributed by atoms with Gasteiger partial charge < -0.3 is 19.8 Å². The Bertz CT molecular complexity index is 757. The van der Waals surface area contributed by atoms with Gasteiger partial charge in [-0.3, -0.25) is 10.1 Å². The Hall–Kier alpha value is -3.30. The van der Waals surface area contributed by atoms with Crippen LogP contribution >= 0.6 is 0 Å². The summed E-state index contributed by atoms with van der Waals surface area (Å²) in [6, 6.07) is 5.92. The third kappa shape index (κ3) is 3.97. The normalized spacial score (nSPS) is 15.0. The quantitative estimate of drug-likeness (QED) is 0.597. The monoisotopic (exact) mass is 345 g/mol. The molecule has 1 saturated heterocycles. The summed E-state index contributed by atoms with van der Waals surface area (Å²) < 4.78 is 5.76. The van der Waals surface area contributed by atoms with E-state index in [0.29, 0.717) is 5.88 Å². The molecule has 0 radical (unpaired) electrons. The number of nitrogens with zero attached hydrogens (tertiary/aromatic N) is 5. The van der Waals surface area contributed by atoms with Crippen molar-refractivity contribution in [1.82, 2.24) is 9.97 Å². The van der Waals surface area contributed by atoms with E-state index in [1.807, 2.05) is 0 Å². The van der Waals surface area contributed by atoms with Crippen LogP contribution < -0.4 is 9.64 Å². The van der Waals surface area contributed by atoms with Crippen LogP contribution in [0.15, 0.2) is 36.7 Å². The number of piperidine rings is 1. The number of hydrogen-bond acceptors (Lipinski definition) is 8. The van der Waals surface area contributed by atoms with Crippen LogP contribution in [0, 0.1) is 20.2 Å². The lowest BCUT2D eigenvalue weighted by atomic mass is 10.1. The van der Waals surface area contributed by atoms with E-state index < -0.39 is 9.85 Å². The lowest BCUT2D eigenvalue weighted by Crippen LogP contribution is -2.38. The van der Waals surface area contributed by atoms with E-state index in [1.54, 1.807) is 6.07 Å². The van der Waals surface area contributed by atoms with E-state index in [-0.39, 0.29) is 17.6 Å². The average Bonchev–Trinajstić information content (AvgIpc) is 2.63. The van der Waals surface area contributed by atoms with Gasteiger partial charge in [0.05, 0.1) is 10.6 Å². The van der Waals surface area contributed by atoms with Gasteiger partial charge in [-0.25, -0.2) is 4.98 Å². The van der Waals surface area contributed by atoms with Gasteiger partial charge in [0, 0.05) is 44.1 Å². The molecular formula is C15H15N5O5. The molecule has 0 aliphatic carbocycles. The Morgan fingerprint density at radius 1 is 1.00 bits per heavy atom. The summed E-state index contributed by atoms with van der Waals surface area (Å²) in [5.74, 6) is 0.187. The molecule has 0 spiro atoms. The molecular weight excluding hydrogens is 330 g/mol. The van der Waals surface area contributed by atoms with Crippen LogP contribution in [0.1, 0.15) is 12.8 Å². The minimum atomic E-state index is -0.527. The Balaban J connectivity index is 1.54. The first-order valence-electron chi connectivity index (χ1n) is 7.65. The zero-order valence-corrected chi connectivity index (χ0v) is 13.1. The van der Waals surface area contributed by atoms with E-state index in [4.69, 9.17) is 4.74 Å². The van der Waals surface area contributed by atoms with Gasteiger partial charge in [0.1, 0.15) is 12.3 Å². The van der Waals surface area contributed by atoms with Gasteiger partial charge in [0.25, 0.3) is 5.69 Å². The van der Waals surface area contributed by atoms with Crippen LogP contribution in [0.4, 0.5) is 17.2 Å². The number of rotatable bonds is 5. The Morgan fingerprint density at radius 3 is 2.28 bits per heavy atom. The summed E-state index contributed by atoms with van der Waals surface area (Å²) >= 11 is 0.